The van der Waals surface area contributed by atoms with Gasteiger partial charge in [-0.2, -0.15) is 0 Å². The van der Waals surface area contributed by atoms with Gasteiger partial charge in [-0.15, -0.1) is 12.4 Å². The van der Waals surface area contributed by atoms with Crippen molar-refractivity contribution in [3.63, 3.8) is 0 Å². The fraction of sp³-hybridized carbons (Fsp3) is 0.588. The standard InChI is InChI=1S/C17H26ClN3O.ClH/c1-3-17(4-2,13-19)16(22)21-10-8-20(9-11-21)15-7-5-6-14(18)12-15;/h5-7,12H,3-4,8-11,13,19H2,1-2H3;1H. The van der Waals surface area contributed by atoms with Crippen LogP contribution in [0, 0.1) is 5.41 Å². The monoisotopic (exact) mass is 359 g/mol. The summed E-state index contributed by atoms with van der Waals surface area (Å²) in [5.41, 5.74) is 6.63. The van der Waals surface area contributed by atoms with E-state index in [1.54, 1.807) is 0 Å². The van der Waals surface area contributed by atoms with Gasteiger partial charge in [0, 0.05) is 43.4 Å². The van der Waals surface area contributed by atoms with Gasteiger partial charge in [0.1, 0.15) is 0 Å². The van der Waals surface area contributed by atoms with Crippen LogP contribution in [0.5, 0.6) is 0 Å². The molecule has 1 saturated heterocycles. The highest BCUT2D eigenvalue weighted by Crippen LogP contribution is 2.29. The van der Waals surface area contributed by atoms with Gasteiger partial charge in [0.2, 0.25) is 5.91 Å². The van der Waals surface area contributed by atoms with Crippen molar-refractivity contribution in [3.05, 3.63) is 29.3 Å². The van der Waals surface area contributed by atoms with E-state index < -0.39 is 5.41 Å². The lowest BCUT2D eigenvalue weighted by atomic mass is 9.81. The molecule has 1 aliphatic rings. The van der Waals surface area contributed by atoms with E-state index in [0.717, 1.165) is 49.7 Å². The molecular formula is C17H27Cl2N3O. The van der Waals surface area contributed by atoms with E-state index in [9.17, 15) is 4.79 Å². The summed E-state index contributed by atoms with van der Waals surface area (Å²) in [5, 5.41) is 0.745. The van der Waals surface area contributed by atoms with E-state index in [0.29, 0.717) is 6.54 Å². The molecule has 0 saturated carbocycles. The maximum Gasteiger partial charge on any atom is 0.230 e. The van der Waals surface area contributed by atoms with Crippen molar-refractivity contribution >= 4 is 35.6 Å². The topological polar surface area (TPSA) is 49.6 Å². The highest BCUT2D eigenvalue weighted by molar-refractivity contribution is 6.30. The molecule has 0 bridgehead atoms. The van der Waals surface area contributed by atoms with Gasteiger partial charge in [0.05, 0.1) is 5.41 Å². The summed E-state index contributed by atoms with van der Waals surface area (Å²) in [5.74, 6) is 0.214. The zero-order chi connectivity index (χ0) is 16.2. The molecule has 2 N–H and O–H groups in total. The molecule has 1 aromatic rings. The molecule has 0 spiro atoms. The molecule has 0 aromatic heterocycles. The molecule has 23 heavy (non-hydrogen) atoms. The summed E-state index contributed by atoms with van der Waals surface area (Å²) in [6.45, 7) is 7.68. The van der Waals surface area contributed by atoms with Crippen molar-refractivity contribution in [1.29, 1.82) is 0 Å². The Hall–Kier alpha value is -0.970. The Labute approximate surface area is 150 Å². The van der Waals surface area contributed by atoms with Gasteiger partial charge >= 0.3 is 0 Å². The SMILES string of the molecule is CCC(CC)(CN)C(=O)N1CCN(c2cccc(Cl)c2)CC1.Cl. The van der Waals surface area contributed by atoms with E-state index in [1.165, 1.54) is 0 Å². The summed E-state index contributed by atoms with van der Waals surface area (Å²) in [7, 11) is 0. The van der Waals surface area contributed by atoms with Crippen LogP contribution in [0.1, 0.15) is 26.7 Å². The second kappa shape index (κ2) is 8.76. The number of hydrogen-bond acceptors (Lipinski definition) is 3. The quantitative estimate of drug-likeness (QED) is 0.878. The zero-order valence-corrected chi connectivity index (χ0v) is 15.5. The molecule has 130 valence electrons. The van der Waals surface area contributed by atoms with Gasteiger partial charge in [0.25, 0.3) is 0 Å². The number of hydrogen-bond donors (Lipinski definition) is 1. The number of nitrogens with two attached hydrogens (primary N) is 1. The van der Waals surface area contributed by atoms with Crippen LogP contribution in [-0.2, 0) is 4.79 Å². The molecule has 0 atom stereocenters. The van der Waals surface area contributed by atoms with Gasteiger partial charge in [-0.25, -0.2) is 0 Å². The van der Waals surface area contributed by atoms with Crippen molar-refractivity contribution in [2.45, 2.75) is 26.7 Å². The zero-order valence-electron chi connectivity index (χ0n) is 13.9. The Balaban J connectivity index is 0.00000264. The molecule has 0 unspecified atom stereocenters. The number of carbonyl (C=O) groups is 1. The second-order valence-electron chi connectivity index (χ2n) is 5.95. The minimum Gasteiger partial charge on any atom is -0.368 e. The summed E-state index contributed by atoms with van der Waals surface area (Å²) in [6, 6.07) is 7.87. The average molecular weight is 360 g/mol. The maximum absolute atomic E-state index is 12.8. The summed E-state index contributed by atoms with van der Waals surface area (Å²) >= 11 is 6.05. The Kier molecular flexibility index (Phi) is 7.65. The lowest BCUT2D eigenvalue weighted by Crippen LogP contribution is -2.54. The Morgan fingerprint density at radius 2 is 1.83 bits per heavy atom. The predicted molar refractivity (Wildman–Crippen MR) is 99.6 cm³/mol. The Morgan fingerprint density at radius 1 is 1.22 bits per heavy atom. The fourth-order valence-corrected chi connectivity index (χ4v) is 3.29. The van der Waals surface area contributed by atoms with E-state index in [1.807, 2.05) is 23.1 Å². The largest absolute Gasteiger partial charge is 0.368 e. The van der Waals surface area contributed by atoms with E-state index >= 15 is 0 Å². The first-order valence-electron chi connectivity index (χ1n) is 8.06. The van der Waals surface area contributed by atoms with Crippen molar-refractivity contribution in [2.75, 3.05) is 37.6 Å². The first-order valence-corrected chi connectivity index (χ1v) is 8.44. The minimum atomic E-state index is -0.391. The molecule has 0 radical (unpaired) electrons. The van der Waals surface area contributed by atoms with Crippen LogP contribution in [0.3, 0.4) is 0 Å². The minimum absolute atomic E-state index is 0. The van der Waals surface area contributed by atoms with Crippen molar-refractivity contribution in [2.24, 2.45) is 11.1 Å². The number of piperazine rings is 1. The smallest absolute Gasteiger partial charge is 0.230 e. The lowest BCUT2D eigenvalue weighted by molar-refractivity contribution is -0.142. The molecule has 6 heteroatoms. The first kappa shape index (κ1) is 20.1. The van der Waals surface area contributed by atoms with Gasteiger partial charge in [-0.05, 0) is 31.0 Å². The highest BCUT2D eigenvalue weighted by atomic mass is 35.5. The summed E-state index contributed by atoms with van der Waals surface area (Å²) in [6.07, 6.45) is 1.60. The van der Waals surface area contributed by atoms with Gasteiger partial charge in [-0.1, -0.05) is 31.5 Å². The first-order chi connectivity index (χ1) is 10.6. The molecule has 1 heterocycles. The van der Waals surface area contributed by atoms with Crippen LogP contribution < -0.4 is 10.6 Å². The lowest BCUT2D eigenvalue weighted by Gasteiger charge is -2.41. The van der Waals surface area contributed by atoms with Gasteiger partial charge < -0.3 is 15.5 Å². The third-order valence-corrected chi connectivity index (χ3v) is 5.17. The predicted octanol–water partition coefficient (Wildman–Crippen LogP) is 3.18. The van der Waals surface area contributed by atoms with E-state index in [4.69, 9.17) is 17.3 Å². The van der Waals surface area contributed by atoms with E-state index in [2.05, 4.69) is 24.8 Å². The molecule has 2 rings (SSSR count). The maximum atomic E-state index is 12.8. The van der Waals surface area contributed by atoms with Crippen LogP contribution in [0.25, 0.3) is 0 Å². The summed E-state index contributed by atoms with van der Waals surface area (Å²) in [4.78, 5) is 17.1. The molecule has 1 amide bonds. The number of halogens is 2. The molecular weight excluding hydrogens is 333 g/mol. The molecule has 4 nitrogen and oxygen atoms in total. The fourth-order valence-electron chi connectivity index (χ4n) is 3.10. The average Bonchev–Trinajstić information content (AvgIpc) is 2.57. The number of anilines is 1. The molecule has 1 aromatic carbocycles. The normalized spacial score (nSPS) is 15.3. The number of benzene rings is 1. The summed E-state index contributed by atoms with van der Waals surface area (Å²) < 4.78 is 0. The van der Waals surface area contributed by atoms with E-state index in [-0.39, 0.29) is 18.3 Å². The van der Waals surface area contributed by atoms with Crippen molar-refractivity contribution in [3.8, 4) is 0 Å². The second-order valence-corrected chi connectivity index (χ2v) is 6.39. The number of amides is 1. The van der Waals surface area contributed by atoms with Gasteiger partial charge in [0.15, 0.2) is 0 Å². The molecule has 1 fully saturated rings. The van der Waals surface area contributed by atoms with Crippen molar-refractivity contribution in [1.82, 2.24) is 4.90 Å². The van der Waals surface area contributed by atoms with Crippen LogP contribution in [0.4, 0.5) is 5.69 Å². The van der Waals surface area contributed by atoms with Crippen LogP contribution >= 0.6 is 24.0 Å². The van der Waals surface area contributed by atoms with Crippen LogP contribution in [0.2, 0.25) is 5.02 Å². The molecule has 1 aliphatic heterocycles. The number of carbonyl (C=O) groups excluding carboxylic acids is 1. The molecule has 0 aliphatic carbocycles. The Bertz CT molecular complexity index is 504. The van der Waals surface area contributed by atoms with Crippen molar-refractivity contribution < 1.29 is 4.79 Å². The number of nitrogens with zero attached hydrogens (tertiary/aromatic N) is 2. The van der Waals surface area contributed by atoms with Crippen LogP contribution in [0.15, 0.2) is 24.3 Å². The van der Waals surface area contributed by atoms with Gasteiger partial charge in [-0.3, -0.25) is 4.79 Å². The number of rotatable bonds is 5. The third kappa shape index (κ3) is 4.31. The van der Waals surface area contributed by atoms with Crippen LogP contribution in [-0.4, -0.2) is 43.5 Å². The highest BCUT2D eigenvalue weighted by Gasteiger charge is 2.37. The third-order valence-electron chi connectivity index (χ3n) is 4.94. The Morgan fingerprint density at radius 3 is 2.30 bits per heavy atom.